The maximum atomic E-state index is 13.5. The van der Waals surface area contributed by atoms with Crippen LogP contribution in [-0.4, -0.2) is 25.7 Å². The number of hydrogen-bond acceptors (Lipinski definition) is 7. The van der Waals surface area contributed by atoms with Crippen molar-refractivity contribution in [3.8, 4) is 16.5 Å². The Balaban J connectivity index is 1.60. The number of aromatic nitrogens is 1. The summed E-state index contributed by atoms with van der Waals surface area (Å²) in [5.74, 6) is 1.17. The maximum Gasteiger partial charge on any atom is 0.264 e. The van der Waals surface area contributed by atoms with Gasteiger partial charge in [0.05, 0.1) is 10.6 Å². The van der Waals surface area contributed by atoms with Crippen molar-refractivity contribution in [3.63, 3.8) is 0 Å². The standard InChI is InChI=1S/C21H15N3O3S3/c1-13-23-17-11-16(4-5-19(17)27-13)30(25,26)24-8-9-28-21-6-2-14(10-18(21)24)20-7-3-15(12-22)29-20/h2-7,10-11H,8-9H2,1H3. The summed E-state index contributed by atoms with van der Waals surface area (Å²) in [5.41, 5.74) is 2.64. The second-order valence-electron chi connectivity index (χ2n) is 6.75. The van der Waals surface area contributed by atoms with Crippen molar-refractivity contribution in [2.45, 2.75) is 16.7 Å². The third kappa shape index (κ3) is 3.17. The van der Waals surface area contributed by atoms with Gasteiger partial charge in [0.15, 0.2) is 11.5 Å². The van der Waals surface area contributed by atoms with Crippen LogP contribution >= 0.6 is 23.1 Å². The van der Waals surface area contributed by atoms with E-state index in [0.29, 0.717) is 39.9 Å². The summed E-state index contributed by atoms with van der Waals surface area (Å²) in [7, 11) is -3.77. The van der Waals surface area contributed by atoms with E-state index < -0.39 is 10.0 Å². The second kappa shape index (κ2) is 7.16. The molecule has 0 aliphatic carbocycles. The molecule has 0 fully saturated rings. The first-order valence-electron chi connectivity index (χ1n) is 9.13. The predicted octanol–water partition coefficient (Wildman–Crippen LogP) is 5.04. The lowest BCUT2D eigenvalue weighted by atomic mass is 10.1. The summed E-state index contributed by atoms with van der Waals surface area (Å²) in [6, 6.07) is 16.4. The summed E-state index contributed by atoms with van der Waals surface area (Å²) in [6.07, 6.45) is 0. The van der Waals surface area contributed by atoms with E-state index in [-0.39, 0.29) is 4.90 Å². The van der Waals surface area contributed by atoms with Gasteiger partial charge in [-0.05, 0) is 48.0 Å². The minimum Gasteiger partial charge on any atom is -0.441 e. The molecular weight excluding hydrogens is 438 g/mol. The number of sulfonamides is 1. The Morgan fingerprint density at radius 3 is 2.83 bits per heavy atom. The van der Waals surface area contributed by atoms with Gasteiger partial charge < -0.3 is 4.42 Å². The molecule has 1 aliphatic rings. The number of thioether (sulfide) groups is 1. The Hall–Kier alpha value is -2.80. The van der Waals surface area contributed by atoms with Crippen LogP contribution in [0.15, 0.2) is 62.7 Å². The molecule has 0 amide bonds. The van der Waals surface area contributed by atoms with Crippen molar-refractivity contribution < 1.29 is 12.8 Å². The zero-order chi connectivity index (χ0) is 20.9. The van der Waals surface area contributed by atoms with Gasteiger partial charge in [-0.2, -0.15) is 5.26 Å². The van der Waals surface area contributed by atoms with Crippen molar-refractivity contribution in [1.29, 1.82) is 5.26 Å². The van der Waals surface area contributed by atoms with Gasteiger partial charge in [0.25, 0.3) is 10.0 Å². The summed E-state index contributed by atoms with van der Waals surface area (Å²) < 4.78 is 34.0. The molecule has 0 unspecified atom stereocenters. The van der Waals surface area contributed by atoms with Gasteiger partial charge in [0.1, 0.15) is 16.5 Å². The molecule has 150 valence electrons. The van der Waals surface area contributed by atoms with Crippen molar-refractivity contribution in [1.82, 2.24) is 4.98 Å². The van der Waals surface area contributed by atoms with Gasteiger partial charge in [-0.15, -0.1) is 23.1 Å². The third-order valence-corrected chi connectivity index (χ3v) is 8.73. The lowest BCUT2D eigenvalue weighted by Gasteiger charge is -2.30. The fourth-order valence-corrected chi connectivity index (χ4v) is 6.90. The molecular formula is C21H15N3O3S3. The van der Waals surface area contributed by atoms with Crippen LogP contribution in [0, 0.1) is 18.3 Å². The number of thiophene rings is 1. The first-order chi connectivity index (χ1) is 14.5. The molecule has 1 aliphatic heterocycles. The quantitative estimate of drug-likeness (QED) is 0.432. The Morgan fingerprint density at radius 1 is 1.17 bits per heavy atom. The van der Waals surface area contributed by atoms with E-state index in [1.807, 2.05) is 24.3 Å². The van der Waals surface area contributed by atoms with E-state index in [1.165, 1.54) is 15.6 Å². The van der Waals surface area contributed by atoms with Gasteiger partial charge in [-0.1, -0.05) is 6.07 Å². The highest BCUT2D eigenvalue weighted by molar-refractivity contribution is 8.00. The molecule has 2 aromatic heterocycles. The van der Waals surface area contributed by atoms with Gasteiger partial charge in [0, 0.05) is 29.0 Å². The number of hydrogen-bond donors (Lipinski definition) is 0. The Labute approximate surface area is 181 Å². The molecule has 4 aromatic rings. The number of aryl methyl sites for hydroxylation is 1. The molecule has 6 nitrogen and oxygen atoms in total. The van der Waals surface area contributed by atoms with E-state index >= 15 is 0 Å². The highest BCUT2D eigenvalue weighted by Crippen LogP contribution is 2.41. The molecule has 0 bridgehead atoms. The van der Waals surface area contributed by atoms with Crippen LogP contribution in [0.2, 0.25) is 0 Å². The normalized spacial score (nSPS) is 13.9. The fraction of sp³-hybridized carbons (Fsp3) is 0.143. The zero-order valence-electron chi connectivity index (χ0n) is 15.8. The van der Waals surface area contributed by atoms with Crippen molar-refractivity contribution in [2.24, 2.45) is 0 Å². The van der Waals surface area contributed by atoms with E-state index in [1.54, 1.807) is 43.0 Å². The van der Waals surface area contributed by atoms with Crippen molar-refractivity contribution in [2.75, 3.05) is 16.6 Å². The van der Waals surface area contributed by atoms with Crippen LogP contribution in [0.1, 0.15) is 10.8 Å². The third-order valence-electron chi connectivity index (χ3n) is 4.83. The summed E-state index contributed by atoms with van der Waals surface area (Å²) in [4.78, 5) is 6.93. The van der Waals surface area contributed by atoms with Crippen LogP contribution in [0.25, 0.3) is 21.5 Å². The van der Waals surface area contributed by atoms with Crippen molar-refractivity contribution in [3.05, 3.63) is 59.3 Å². The number of oxazole rings is 1. The number of fused-ring (bicyclic) bond motifs is 2. The summed E-state index contributed by atoms with van der Waals surface area (Å²) >= 11 is 3.03. The summed E-state index contributed by atoms with van der Waals surface area (Å²) in [5, 5.41) is 9.10. The lowest BCUT2D eigenvalue weighted by Crippen LogP contribution is -2.35. The molecule has 0 saturated carbocycles. The second-order valence-corrected chi connectivity index (χ2v) is 10.8. The molecule has 5 rings (SSSR count). The van der Waals surface area contributed by atoms with Crippen LogP contribution < -0.4 is 4.31 Å². The molecule has 0 spiro atoms. The molecule has 0 atom stereocenters. The molecule has 30 heavy (non-hydrogen) atoms. The van der Waals surface area contributed by atoms with E-state index in [0.717, 1.165) is 15.3 Å². The van der Waals surface area contributed by atoms with Gasteiger partial charge in [0.2, 0.25) is 0 Å². The minimum absolute atomic E-state index is 0.189. The highest BCUT2D eigenvalue weighted by atomic mass is 32.2. The maximum absolute atomic E-state index is 13.5. The Bertz CT molecular complexity index is 1430. The highest BCUT2D eigenvalue weighted by Gasteiger charge is 2.30. The minimum atomic E-state index is -3.77. The average Bonchev–Trinajstić information content (AvgIpc) is 3.37. The first-order valence-corrected chi connectivity index (χ1v) is 12.4. The van der Waals surface area contributed by atoms with E-state index in [9.17, 15) is 8.42 Å². The van der Waals surface area contributed by atoms with Gasteiger partial charge in [-0.25, -0.2) is 13.4 Å². The Kier molecular flexibility index (Phi) is 4.58. The van der Waals surface area contributed by atoms with Crippen LogP contribution in [0.5, 0.6) is 0 Å². The number of nitrogens with zero attached hydrogens (tertiary/aromatic N) is 3. The molecule has 2 aromatic carbocycles. The topological polar surface area (TPSA) is 87.2 Å². The van der Waals surface area contributed by atoms with Crippen LogP contribution in [0.3, 0.4) is 0 Å². The number of anilines is 1. The smallest absolute Gasteiger partial charge is 0.264 e. The number of rotatable bonds is 3. The van der Waals surface area contributed by atoms with Gasteiger partial charge >= 0.3 is 0 Å². The van der Waals surface area contributed by atoms with Crippen LogP contribution in [-0.2, 0) is 10.0 Å². The monoisotopic (exact) mass is 453 g/mol. The number of benzene rings is 2. The molecule has 0 N–H and O–H groups in total. The molecule has 0 saturated heterocycles. The number of nitriles is 1. The largest absolute Gasteiger partial charge is 0.441 e. The zero-order valence-corrected chi connectivity index (χ0v) is 18.3. The molecule has 9 heteroatoms. The molecule has 0 radical (unpaired) electrons. The van der Waals surface area contributed by atoms with Gasteiger partial charge in [-0.3, -0.25) is 4.31 Å². The van der Waals surface area contributed by atoms with Crippen LogP contribution in [0.4, 0.5) is 5.69 Å². The fourth-order valence-electron chi connectivity index (χ4n) is 3.46. The summed E-state index contributed by atoms with van der Waals surface area (Å²) in [6.45, 7) is 2.11. The Morgan fingerprint density at radius 2 is 2.03 bits per heavy atom. The molecule has 3 heterocycles. The van der Waals surface area contributed by atoms with E-state index in [2.05, 4.69) is 11.1 Å². The average molecular weight is 454 g/mol. The van der Waals surface area contributed by atoms with Crippen molar-refractivity contribution >= 4 is 49.9 Å². The SMILES string of the molecule is Cc1nc2cc(S(=O)(=O)N3CCSc4ccc(-c5ccc(C#N)s5)cc43)ccc2o1. The lowest BCUT2D eigenvalue weighted by molar-refractivity contribution is 0.561. The predicted molar refractivity (Wildman–Crippen MR) is 118 cm³/mol. The first kappa shape index (κ1) is 19.2. The van der Waals surface area contributed by atoms with E-state index in [4.69, 9.17) is 9.68 Å².